The van der Waals surface area contributed by atoms with E-state index < -0.39 is 0 Å². The van der Waals surface area contributed by atoms with Gasteiger partial charge in [-0.15, -0.1) is 11.3 Å². The number of thiazole rings is 1. The van der Waals surface area contributed by atoms with Crippen molar-refractivity contribution in [1.82, 2.24) is 4.98 Å². The van der Waals surface area contributed by atoms with E-state index in [9.17, 15) is 0 Å². The van der Waals surface area contributed by atoms with Crippen LogP contribution in [0.1, 0.15) is 47.2 Å². The Morgan fingerprint density at radius 2 is 2.15 bits per heavy atom. The van der Waals surface area contributed by atoms with E-state index in [4.69, 9.17) is 5.26 Å². The molecule has 1 aromatic heterocycles. The first kappa shape index (κ1) is 8.71. The van der Waals surface area contributed by atoms with E-state index in [1.807, 2.05) is 6.92 Å². The summed E-state index contributed by atoms with van der Waals surface area (Å²) in [7, 11) is 0. The lowest BCUT2D eigenvalue weighted by atomic mass is 10.0. The molecule has 68 valence electrons. The second kappa shape index (κ2) is 3.47. The normalized spacial score (nSPS) is 17.5. The van der Waals surface area contributed by atoms with E-state index in [2.05, 4.69) is 11.1 Å². The van der Waals surface area contributed by atoms with Crippen LogP contribution in [0.25, 0.3) is 0 Å². The van der Waals surface area contributed by atoms with Crippen molar-refractivity contribution in [2.45, 2.75) is 38.5 Å². The molecule has 1 saturated carbocycles. The molecule has 1 fully saturated rings. The lowest BCUT2D eigenvalue weighted by Gasteiger charge is -2.04. The number of rotatable bonds is 1. The molecule has 1 aliphatic rings. The van der Waals surface area contributed by atoms with E-state index in [1.165, 1.54) is 37.0 Å². The molecule has 13 heavy (non-hydrogen) atoms. The van der Waals surface area contributed by atoms with E-state index in [1.54, 1.807) is 0 Å². The monoisotopic (exact) mass is 192 g/mol. The Kier molecular flexibility index (Phi) is 2.32. The van der Waals surface area contributed by atoms with Crippen molar-refractivity contribution in [3.63, 3.8) is 0 Å². The third kappa shape index (κ3) is 1.59. The van der Waals surface area contributed by atoms with Gasteiger partial charge in [-0.1, -0.05) is 12.8 Å². The highest BCUT2D eigenvalue weighted by atomic mass is 32.1. The molecule has 0 N–H and O–H groups in total. The molecule has 0 saturated heterocycles. The van der Waals surface area contributed by atoms with Crippen LogP contribution in [0.4, 0.5) is 0 Å². The van der Waals surface area contributed by atoms with Crippen molar-refractivity contribution in [2.75, 3.05) is 0 Å². The molecule has 3 heteroatoms. The number of hydrogen-bond donors (Lipinski definition) is 0. The van der Waals surface area contributed by atoms with Crippen LogP contribution >= 0.6 is 11.3 Å². The standard InChI is InChI=1S/C10H12N2S/c1-7-12-10(9(6-11)13-7)8-4-2-3-5-8/h8H,2-5H2,1H3. The lowest BCUT2D eigenvalue weighted by molar-refractivity contribution is 0.699. The van der Waals surface area contributed by atoms with Crippen molar-refractivity contribution < 1.29 is 0 Å². The van der Waals surface area contributed by atoms with Crippen molar-refractivity contribution in [2.24, 2.45) is 0 Å². The number of nitrogens with zero attached hydrogens (tertiary/aromatic N) is 2. The molecule has 0 amide bonds. The Labute approximate surface area is 82.2 Å². The fourth-order valence-corrected chi connectivity index (χ4v) is 2.80. The summed E-state index contributed by atoms with van der Waals surface area (Å²) in [5.74, 6) is 0.569. The molecular weight excluding hydrogens is 180 g/mol. The van der Waals surface area contributed by atoms with Crippen LogP contribution < -0.4 is 0 Å². The Hall–Kier alpha value is -0.880. The Bertz CT molecular complexity index is 342. The molecule has 0 radical (unpaired) electrons. The van der Waals surface area contributed by atoms with Gasteiger partial charge in [-0.3, -0.25) is 0 Å². The molecular formula is C10H12N2S. The molecule has 1 heterocycles. The maximum atomic E-state index is 8.91. The average molecular weight is 192 g/mol. The zero-order valence-electron chi connectivity index (χ0n) is 7.71. The van der Waals surface area contributed by atoms with Crippen LogP contribution in [0.5, 0.6) is 0 Å². The molecule has 0 atom stereocenters. The van der Waals surface area contributed by atoms with E-state index in [0.717, 1.165) is 15.6 Å². The van der Waals surface area contributed by atoms with E-state index >= 15 is 0 Å². The van der Waals surface area contributed by atoms with Crippen LogP contribution in [0.15, 0.2) is 0 Å². The predicted molar refractivity (Wildman–Crippen MR) is 52.8 cm³/mol. The second-order valence-electron chi connectivity index (χ2n) is 3.54. The zero-order valence-corrected chi connectivity index (χ0v) is 8.52. The van der Waals surface area contributed by atoms with Gasteiger partial charge in [0.1, 0.15) is 10.9 Å². The summed E-state index contributed by atoms with van der Waals surface area (Å²) in [5, 5.41) is 9.94. The van der Waals surface area contributed by atoms with Crippen LogP contribution in [-0.2, 0) is 0 Å². The van der Waals surface area contributed by atoms with Gasteiger partial charge in [0, 0.05) is 5.92 Å². The van der Waals surface area contributed by atoms with Crippen LogP contribution in [0.3, 0.4) is 0 Å². The Balaban J connectivity index is 2.33. The van der Waals surface area contributed by atoms with Crippen molar-refractivity contribution >= 4 is 11.3 Å². The fourth-order valence-electron chi connectivity index (χ4n) is 2.00. The first-order chi connectivity index (χ1) is 6.31. The third-order valence-corrected chi connectivity index (χ3v) is 3.49. The lowest BCUT2D eigenvalue weighted by Crippen LogP contribution is -1.94. The van der Waals surface area contributed by atoms with Gasteiger partial charge >= 0.3 is 0 Å². The predicted octanol–water partition coefficient (Wildman–Crippen LogP) is 2.98. The summed E-state index contributed by atoms with van der Waals surface area (Å²) >= 11 is 1.53. The van der Waals surface area contributed by atoms with E-state index in [-0.39, 0.29) is 0 Å². The van der Waals surface area contributed by atoms with Gasteiger partial charge in [0.2, 0.25) is 0 Å². The molecule has 0 spiro atoms. The Morgan fingerprint density at radius 1 is 1.46 bits per heavy atom. The summed E-state index contributed by atoms with van der Waals surface area (Å²) in [5.41, 5.74) is 1.07. The molecule has 2 rings (SSSR count). The molecule has 1 aromatic rings. The van der Waals surface area contributed by atoms with E-state index in [0.29, 0.717) is 5.92 Å². The highest BCUT2D eigenvalue weighted by Gasteiger charge is 2.22. The van der Waals surface area contributed by atoms with Gasteiger partial charge in [0.25, 0.3) is 0 Å². The highest BCUT2D eigenvalue weighted by Crippen LogP contribution is 2.36. The minimum atomic E-state index is 0.569. The molecule has 0 aliphatic heterocycles. The van der Waals surface area contributed by atoms with Crippen LogP contribution in [0.2, 0.25) is 0 Å². The second-order valence-corrected chi connectivity index (χ2v) is 4.74. The average Bonchev–Trinajstić information content (AvgIpc) is 2.71. The van der Waals surface area contributed by atoms with Gasteiger partial charge in [-0.25, -0.2) is 4.98 Å². The first-order valence-electron chi connectivity index (χ1n) is 4.68. The number of nitriles is 1. The van der Waals surface area contributed by atoms with Crippen molar-refractivity contribution in [3.05, 3.63) is 15.6 Å². The summed E-state index contributed by atoms with van der Waals surface area (Å²) in [4.78, 5) is 5.30. The number of aromatic nitrogens is 1. The quantitative estimate of drug-likeness (QED) is 0.686. The number of aryl methyl sites for hydroxylation is 1. The first-order valence-corrected chi connectivity index (χ1v) is 5.50. The van der Waals surface area contributed by atoms with Crippen LogP contribution in [-0.4, -0.2) is 4.98 Å². The topological polar surface area (TPSA) is 36.7 Å². The van der Waals surface area contributed by atoms with Crippen molar-refractivity contribution in [3.8, 4) is 6.07 Å². The summed E-state index contributed by atoms with van der Waals surface area (Å²) in [6.45, 7) is 1.98. The maximum Gasteiger partial charge on any atom is 0.128 e. The summed E-state index contributed by atoms with van der Waals surface area (Å²) in [6, 6.07) is 2.25. The van der Waals surface area contributed by atoms with Gasteiger partial charge in [-0.2, -0.15) is 5.26 Å². The fraction of sp³-hybridized carbons (Fsp3) is 0.600. The minimum absolute atomic E-state index is 0.569. The largest absolute Gasteiger partial charge is 0.245 e. The zero-order chi connectivity index (χ0) is 9.26. The van der Waals surface area contributed by atoms with Gasteiger partial charge in [0.05, 0.1) is 10.7 Å². The smallest absolute Gasteiger partial charge is 0.128 e. The van der Waals surface area contributed by atoms with Crippen LogP contribution in [0, 0.1) is 18.3 Å². The van der Waals surface area contributed by atoms with Gasteiger partial charge in [-0.05, 0) is 19.8 Å². The molecule has 0 bridgehead atoms. The maximum absolute atomic E-state index is 8.91. The summed E-state index contributed by atoms with van der Waals surface area (Å²) in [6.07, 6.45) is 5.04. The number of hydrogen-bond acceptors (Lipinski definition) is 3. The minimum Gasteiger partial charge on any atom is -0.245 e. The van der Waals surface area contributed by atoms with Gasteiger partial charge in [0.15, 0.2) is 0 Å². The Morgan fingerprint density at radius 3 is 2.77 bits per heavy atom. The third-order valence-electron chi connectivity index (χ3n) is 2.60. The van der Waals surface area contributed by atoms with Gasteiger partial charge < -0.3 is 0 Å². The molecule has 0 aromatic carbocycles. The molecule has 2 nitrogen and oxygen atoms in total. The molecule has 1 aliphatic carbocycles. The van der Waals surface area contributed by atoms with Crippen molar-refractivity contribution in [1.29, 1.82) is 5.26 Å². The summed E-state index contributed by atoms with van der Waals surface area (Å²) < 4.78 is 0. The molecule has 0 unspecified atom stereocenters. The SMILES string of the molecule is Cc1nc(C2CCCC2)c(C#N)s1. The highest BCUT2D eigenvalue weighted by molar-refractivity contribution is 7.12.